The number of amides is 2. The number of carbonyl (C=O) groups is 2. The fourth-order valence-electron chi connectivity index (χ4n) is 3.88. The lowest BCUT2D eigenvalue weighted by Gasteiger charge is -2.31. The molecule has 1 aliphatic rings. The van der Waals surface area contributed by atoms with Crippen LogP contribution in [0.3, 0.4) is 0 Å². The SMILES string of the molecule is CC(C)c1ccc(OCCC(=O)Nc2ccccc2CN2CCCC(C(N)=O)C2)cc1. The number of nitrogens with two attached hydrogens (primary N) is 1. The number of ether oxygens (including phenoxy) is 1. The van der Waals surface area contributed by atoms with Crippen molar-refractivity contribution in [3.63, 3.8) is 0 Å². The normalized spacial score (nSPS) is 16.8. The van der Waals surface area contributed by atoms with Crippen molar-refractivity contribution >= 4 is 17.5 Å². The molecule has 0 radical (unpaired) electrons. The molecule has 6 heteroatoms. The topological polar surface area (TPSA) is 84.7 Å². The van der Waals surface area contributed by atoms with Crippen LogP contribution in [0.2, 0.25) is 0 Å². The third-order valence-corrected chi connectivity index (χ3v) is 5.74. The lowest BCUT2D eigenvalue weighted by Crippen LogP contribution is -2.40. The van der Waals surface area contributed by atoms with Gasteiger partial charge in [0, 0.05) is 18.8 Å². The Morgan fingerprint density at radius 1 is 1.16 bits per heavy atom. The fourth-order valence-corrected chi connectivity index (χ4v) is 3.88. The molecule has 1 atom stereocenters. The number of hydrogen-bond acceptors (Lipinski definition) is 4. The molecule has 1 heterocycles. The van der Waals surface area contributed by atoms with E-state index in [4.69, 9.17) is 10.5 Å². The molecule has 1 unspecified atom stereocenters. The molecule has 0 bridgehead atoms. The van der Waals surface area contributed by atoms with Gasteiger partial charge in [-0.25, -0.2) is 0 Å². The second-order valence-electron chi connectivity index (χ2n) is 8.50. The summed E-state index contributed by atoms with van der Waals surface area (Å²) in [6, 6.07) is 15.8. The number of carbonyl (C=O) groups excluding carboxylic acids is 2. The summed E-state index contributed by atoms with van der Waals surface area (Å²) in [5, 5.41) is 3.01. The van der Waals surface area contributed by atoms with Gasteiger partial charge in [-0.15, -0.1) is 0 Å². The van der Waals surface area contributed by atoms with Crippen LogP contribution < -0.4 is 15.8 Å². The average molecular weight is 424 g/mol. The number of piperidine rings is 1. The van der Waals surface area contributed by atoms with Gasteiger partial charge in [-0.1, -0.05) is 44.2 Å². The maximum absolute atomic E-state index is 12.5. The van der Waals surface area contributed by atoms with Crippen LogP contribution in [0.15, 0.2) is 48.5 Å². The summed E-state index contributed by atoms with van der Waals surface area (Å²) >= 11 is 0. The van der Waals surface area contributed by atoms with Gasteiger partial charge < -0.3 is 15.8 Å². The van der Waals surface area contributed by atoms with Crippen LogP contribution in [0.1, 0.15) is 50.2 Å². The van der Waals surface area contributed by atoms with E-state index in [0.717, 1.165) is 36.4 Å². The molecule has 31 heavy (non-hydrogen) atoms. The third kappa shape index (κ3) is 6.82. The summed E-state index contributed by atoms with van der Waals surface area (Å²) in [5.41, 5.74) is 8.59. The standard InChI is InChI=1S/C25H33N3O3/c1-18(2)19-9-11-22(12-10-19)31-15-13-24(29)27-23-8-4-3-6-20(23)16-28-14-5-7-21(17-28)25(26)30/h3-4,6,8-12,18,21H,5,7,13-17H2,1-2H3,(H2,26,30)(H,27,29). The molecular formula is C25H33N3O3. The average Bonchev–Trinajstić information content (AvgIpc) is 2.75. The molecule has 3 rings (SSSR count). The van der Waals surface area contributed by atoms with E-state index in [2.05, 4.69) is 36.2 Å². The molecule has 2 aromatic carbocycles. The number of nitrogens with zero attached hydrogens (tertiary/aromatic N) is 1. The molecule has 0 saturated carbocycles. The number of benzene rings is 2. The number of para-hydroxylation sites is 1. The highest BCUT2D eigenvalue weighted by molar-refractivity contribution is 5.91. The van der Waals surface area contributed by atoms with Crippen molar-refractivity contribution in [2.24, 2.45) is 11.7 Å². The quantitative estimate of drug-likeness (QED) is 0.640. The van der Waals surface area contributed by atoms with Gasteiger partial charge in [0.25, 0.3) is 0 Å². The predicted molar refractivity (Wildman–Crippen MR) is 123 cm³/mol. The van der Waals surface area contributed by atoms with E-state index in [9.17, 15) is 9.59 Å². The van der Waals surface area contributed by atoms with Crippen molar-refractivity contribution in [1.29, 1.82) is 0 Å². The van der Waals surface area contributed by atoms with Gasteiger partial charge in [0.15, 0.2) is 0 Å². The molecule has 2 aromatic rings. The summed E-state index contributed by atoms with van der Waals surface area (Å²) in [4.78, 5) is 26.2. The van der Waals surface area contributed by atoms with E-state index in [0.29, 0.717) is 25.6 Å². The molecular weight excluding hydrogens is 390 g/mol. The van der Waals surface area contributed by atoms with Crippen molar-refractivity contribution in [3.8, 4) is 5.75 Å². The Morgan fingerprint density at radius 2 is 1.90 bits per heavy atom. The largest absolute Gasteiger partial charge is 0.493 e. The van der Waals surface area contributed by atoms with E-state index in [1.807, 2.05) is 36.4 Å². The number of nitrogens with one attached hydrogen (secondary N) is 1. The number of hydrogen-bond donors (Lipinski definition) is 2. The highest BCUT2D eigenvalue weighted by Gasteiger charge is 2.24. The van der Waals surface area contributed by atoms with Gasteiger partial charge in [-0.05, 0) is 54.6 Å². The zero-order valence-corrected chi connectivity index (χ0v) is 18.5. The molecule has 1 aliphatic heterocycles. The van der Waals surface area contributed by atoms with Gasteiger partial charge in [-0.2, -0.15) is 0 Å². The van der Waals surface area contributed by atoms with Crippen LogP contribution in [-0.2, 0) is 16.1 Å². The van der Waals surface area contributed by atoms with Crippen molar-refractivity contribution in [1.82, 2.24) is 4.90 Å². The first-order chi connectivity index (χ1) is 14.9. The van der Waals surface area contributed by atoms with Crippen LogP contribution >= 0.6 is 0 Å². The highest BCUT2D eigenvalue weighted by Crippen LogP contribution is 2.23. The Kier molecular flexibility index (Phi) is 8.06. The lowest BCUT2D eigenvalue weighted by atomic mass is 9.97. The van der Waals surface area contributed by atoms with Gasteiger partial charge in [0.2, 0.25) is 11.8 Å². The number of primary amides is 1. The first-order valence-corrected chi connectivity index (χ1v) is 11.0. The van der Waals surface area contributed by atoms with E-state index in [1.165, 1.54) is 5.56 Å². The van der Waals surface area contributed by atoms with E-state index >= 15 is 0 Å². The molecule has 1 fully saturated rings. The monoisotopic (exact) mass is 423 g/mol. The lowest BCUT2D eigenvalue weighted by molar-refractivity contribution is -0.123. The zero-order valence-electron chi connectivity index (χ0n) is 18.5. The smallest absolute Gasteiger partial charge is 0.227 e. The van der Waals surface area contributed by atoms with Crippen LogP contribution in [0.25, 0.3) is 0 Å². The minimum Gasteiger partial charge on any atom is -0.493 e. The second-order valence-corrected chi connectivity index (χ2v) is 8.50. The van der Waals surface area contributed by atoms with Gasteiger partial charge >= 0.3 is 0 Å². The maximum atomic E-state index is 12.5. The summed E-state index contributed by atoms with van der Waals surface area (Å²) in [7, 11) is 0. The van der Waals surface area contributed by atoms with Crippen molar-refractivity contribution in [2.45, 2.75) is 45.6 Å². The van der Waals surface area contributed by atoms with E-state index < -0.39 is 0 Å². The summed E-state index contributed by atoms with van der Waals surface area (Å²) in [6.07, 6.45) is 2.08. The van der Waals surface area contributed by atoms with Crippen LogP contribution in [0.4, 0.5) is 5.69 Å². The Hall–Kier alpha value is -2.86. The number of anilines is 1. The number of rotatable bonds is 9. The van der Waals surface area contributed by atoms with E-state index in [1.54, 1.807) is 0 Å². The first-order valence-electron chi connectivity index (χ1n) is 11.0. The Labute approximate surface area is 184 Å². The molecule has 0 spiro atoms. The minimum absolute atomic E-state index is 0.0834. The summed E-state index contributed by atoms with van der Waals surface area (Å²) in [6.45, 7) is 6.90. The predicted octanol–water partition coefficient (Wildman–Crippen LogP) is 3.91. The van der Waals surface area contributed by atoms with Crippen LogP contribution in [-0.4, -0.2) is 36.4 Å². The molecule has 166 valence electrons. The van der Waals surface area contributed by atoms with Crippen LogP contribution in [0, 0.1) is 5.92 Å². The van der Waals surface area contributed by atoms with Gasteiger partial charge in [-0.3, -0.25) is 14.5 Å². The van der Waals surface area contributed by atoms with E-state index in [-0.39, 0.29) is 24.2 Å². The molecule has 0 aliphatic carbocycles. The minimum atomic E-state index is -0.231. The Bertz CT molecular complexity index is 880. The maximum Gasteiger partial charge on any atom is 0.227 e. The highest BCUT2D eigenvalue weighted by atomic mass is 16.5. The zero-order chi connectivity index (χ0) is 22.2. The summed E-state index contributed by atoms with van der Waals surface area (Å²) in [5.74, 6) is 0.838. The summed E-state index contributed by atoms with van der Waals surface area (Å²) < 4.78 is 5.72. The first kappa shape index (κ1) is 22.8. The van der Waals surface area contributed by atoms with Crippen molar-refractivity contribution in [3.05, 3.63) is 59.7 Å². The van der Waals surface area contributed by atoms with Crippen molar-refractivity contribution in [2.75, 3.05) is 25.0 Å². The molecule has 1 saturated heterocycles. The molecule has 3 N–H and O–H groups in total. The van der Waals surface area contributed by atoms with Gasteiger partial charge in [0.05, 0.1) is 18.9 Å². The van der Waals surface area contributed by atoms with Crippen LogP contribution in [0.5, 0.6) is 5.75 Å². The van der Waals surface area contributed by atoms with Crippen molar-refractivity contribution < 1.29 is 14.3 Å². The second kappa shape index (κ2) is 11.0. The molecule has 6 nitrogen and oxygen atoms in total. The van der Waals surface area contributed by atoms with Gasteiger partial charge in [0.1, 0.15) is 5.75 Å². The molecule has 2 amide bonds. The molecule has 0 aromatic heterocycles. The number of likely N-dealkylation sites (tertiary alicyclic amines) is 1. The third-order valence-electron chi connectivity index (χ3n) is 5.74. The Balaban J connectivity index is 1.50. The fraction of sp³-hybridized carbons (Fsp3) is 0.440. The Morgan fingerprint density at radius 3 is 2.61 bits per heavy atom.